The van der Waals surface area contributed by atoms with E-state index in [0.29, 0.717) is 19.4 Å². The molecule has 1 saturated heterocycles. The summed E-state index contributed by atoms with van der Waals surface area (Å²) in [5.74, 6) is -1.41. The second kappa shape index (κ2) is 6.31. The fourth-order valence-corrected chi connectivity index (χ4v) is 4.44. The first-order chi connectivity index (χ1) is 9.80. The number of carboxylic acid groups (broad SMARTS) is 1. The van der Waals surface area contributed by atoms with Crippen LogP contribution in [-0.2, 0) is 19.6 Å². The first-order valence-corrected chi connectivity index (χ1v) is 9.14. The van der Waals surface area contributed by atoms with E-state index in [-0.39, 0.29) is 18.5 Å². The van der Waals surface area contributed by atoms with E-state index in [1.807, 2.05) is 0 Å². The lowest BCUT2D eigenvalue weighted by Crippen LogP contribution is -2.51. The normalized spacial score (nSPS) is 24.3. The largest absolute Gasteiger partial charge is 0.480 e. The van der Waals surface area contributed by atoms with Gasteiger partial charge >= 0.3 is 5.97 Å². The fraction of sp³-hybridized carbons (Fsp3) is 0.846. The molecule has 1 aliphatic carbocycles. The Morgan fingerprint density at radius 3 is 2.33 bits per heavy atom. The lowest BCUT2D eigenvalue weighted by molar-refractivity contribution is -0.147. The highest BCUT2D eigenvalue weighted by Gasteiger charge is 2.41. The summed E-state index contributed by atoms with van der Waals surface area (Å²) in [7, 11) is -3.44. The number of rotatable bonds is 5. The Hall–Kier alpha value is -1.15. The molecule has 0 spiro atoms. The first-order valence-electron chi connectivity index (χ1n) is 7.30. The van der Waals surface area contributed by atoms with Crippen LogP contribution in [0.4, 0.5) is 0 Å². The van der Waals surface area contributed by atoms with Crippen LogP contribution in [0.25, 0.3) is 0 Å². The lowest BCUT2D eigenvalue weighted by Gasteiger charge is -2.32. The molecule has 1 heterocycles. The molecule has 8 heteroatoms. The predicted octanol–water partition coefficient (Wildman–Crippen LogP) is 0.266. The quantitative estimate of drug-likeness (QED) is 0.785. The number of carboxylic acids is 1. The Morgan fingerprint density at radius 2 is 1.81 bits per heavy atom. The summed E-state index contributed by atoms with van der Waals surface area (Å²) >= 11 is 0. The van der Waals surface area contributed by atoms with Crippen molar-refractivity contribution in [1.29, 1.82) is 0 Å². The van der Waals surface area contributed by atoms with E-state index in [9.17, 15) is 18.0 Å². The van der Waals surface area contributed by atoms with Crippen molar-refractivity contribution in [2.45, 2.75) is 50.6 Å². The standard InChI is InChI=1S/C13H22N2O5S/c1-21(19,20)15-8-4-7-11(15)13(18)14(9-12(16)17)10-5-2-3-6-10/h10-11H,2-9H2,1H3,(H,16,17). The van der Waals surface area contributed by atoms with Crippen LogP contribution in [0.3, 0.4) is 0 Å². The highest BCUT2D eigenvalue weighted by atomic mass is 32.2. The molecule has 2 fully saturated rings. The van der Waals surface area contributed by atoms with Gasteiger partial charge in [-0.1, -0.05) is 12.8 Å². The molecule has 1 aliphatic heterocycles. The molecule has 1 N–H and O–H groups in total. The van der Waals surface area contributed by atoms with Gasteiger partial charge in [-0.15, -0.1) is 0 Å². The van der Waals surface area contributed by atoms with Gasteiger partial charge in [0.15, 0.2) is 0 Å². The molecule has 0 aromatic rings. The summed E-state index contributed by atoms with van der Waals surface area (Å²) < 4.78 is 24.7. The Balaban J connectivity index is 2.18. The van der Waals surface area contributed by atoms with Crippen molar-refractivity contribution in [3.8, 4) is 0 Å². The van der Waals surface area contributed by atoms with Crippen LogP contribution in [0.2, 0.25) is 0 Å². The molecule has 1 unspecified atom stereocenters. The summed E-state index contributed by atoms with van der Waals surface area (Å²) in [4.78, 5) is 25.1. The van der Waals surface area contributed by atoms with Crippen LogP contribution in [0, 0.1) is 0 Å². The number of nitrogens with zero attached hydrogens (tertiary/aromatic N) is 2. The predicted molar refractivity (Wildman–Crippen MR) is 76.2 cm³/mol. The molecular weight excluding hydrogens is 296 g/mol. The zero-order valence-corrected chi connectivity index (χ0v) is 13.0. The van der Waals surface area contributed by atoms with Crippen molar-refractivity contribution >= 4 is 21.9 Å². The average molecular weight is 318 g/mol. The van der Waals surface area contributed by atoms with E-state index in [2.05, 4.69) is 0 Å². The number of carbonyl (C=O) groups excluding carboxylic acids is 1. The van der Waals surface area contributed by atoms with Gasteiger partial charge in [0.05, 0.1) is 6.26 Å². The number of hydrogen-bond acceptors (Lipinski definition) is 4. The summed E-state index contributed by atoms with van der Waals surface area (Å²) in [5.41, 5.74) is 0. The lowest BCUT2D eigenvalue weighted by atomic mass is 10.1. The highest BCUT2D eigenvalue weighted by Crippen LogP contribution is 2.28. The Morgan fingerprint density at radius 1 is 1.19 bits per heavy atom. The third kappa shape index (κ3) is 3.74. The van der Waals surface area contributed by atoms with Crippen LogP contribution in [-0.4, -0.2) is 66.0 Å². The minimum Gasteiger partial charge on any atom is -0.480 e. The van der Waals surface area contributed by atoms with E-state index >= 15 is 0 Å². The second-order valence-corrected chi connectivity index (χ2v) is 7.76. The maximum absolute atomic E-state index is 12.7. The maximum atomic E-state index is 12.7. The molecule has 1 saturated carbocycles. The molecule has 1 amide bonds. The van der Waals surface area contributed by atoms with E-state index in [0.717, 1.165) is 31.9 Å². The molecule has 0 aromatic carbocycles. The second-order valence-electron chi connectivity index (χ2n) is 5.83. The third-order valence-electron chi connectivity index (χ3n) is 4.27. The minimum absolute atomic E-state index is 0.0735. The molecular formula is C13H22N2O5S. The average Bonchev–Trinajstić information content (AvgIpc) is 3.04. The number of hydrogen-bond donors (Lipinski definition) is 1. The number of carbonyl (C=O) groups is 2. The van der Waals surface area contributed by atoms with Gasteiger partial charge in [0.1, 0.15) is 12.6 Å². The molecule has 7 nitrogen and oxygen atoms in total. The summed E-state index contributed by atoms with van der Waals surface area (Å²) in [6, 6.07) is -0.810. The Labute approximate surface area is 125 Å². The smallest absolute Gasteiger partial charge is 0.323 e. The SMILES string of the molecule is CS(=O)(=O)N1CCCC1C(=O)N(CC(=O)O)C1CCCC1. The van der Waals surface area contributed by atoms with Gasteiger partial charge in [0.25, 0.3) is 0 Å². The van der Waals surface area contributed by atoms with E-state index in [1.165, 1.54) is 9.21 Å². The monoisotopic (exact) mass is 318 g/mol. The molecule has 0 bridgehead atoms. The molecule has 0 aromatic heterocycles. The van der Waals surface area contributed by atoms with Crippen molar-refractivity contribution in [3.63, 3.8) is 0 Å². The van der Waals surface area contributed by atoms with E-state index < -0.39 is 22.0 Å². The zero-order valence-electron chi connectivity index (χ0n) is 12.2. The van der Waals surface area contributed by atoms with Gasteiger partial charge in [-0.25, -0.2) is 8.42 Å². The van der Waals surface area contributed by atoms with Crippen molar-refractivity contribution in [1.82, 2.24) is 9.21 Å². The molecule has 120 valence electrons. The van der Waals surface area contributed by atoms with E-state index in [4.69, 9.17) is 5.11 Å². The number of aliphatic carboxylic acids is 1. The van der Waals surface area contributed by atoms with Crippen LogP contribution in [0.15, 0.2) is 0 Å². The summed E-state index contributed by atoms with van der Waals surface area (Å²) in [6.07, 6.45) is 5.75. The highest BCUT2D eigenvalue weighted by molar-refractivity contribution is 7.88. The fourth-order valence-electron chi connectivity index (χ4n) is 3.32. The molecule has 0 radical (unpaired) electrons. The van der Waals surface area contributed by atoms with Crippen LogP contribution in [0.1, 0.15) is 38.5 Å². The summed E-state index contributed by atoms with van der Waals surface area (Å²) in [6.45, 7) is -0.0155. The van der Waals surface area contributed by atoms with Gasteiger partial charge in [0.2, 0.25) is 15.9 Å². The van der Waals surface area contributed by atoms with E-state index in [1.54, 1.807) is 0 Å². The van der Waals surface area contributed by atoms with Crippen LogP contribution in [0.5, 0.6) is 0 Å². The van der Waals surface area contributed by atoms with Gasteiger partial charge in [0, 0.05) is 12.6 Å². The summed E-state index contributed by atoms with van der Waals surface area (Å²) in [5, 5.41) is 9.04. The minimum atomic E-state index is -3.44. The topological polar surface area (TPSA) is 95.0 Å². The number of sulfonamides is 1. The van der Waals surface area contributed by atoms with Crippen molar-refractivity contribution in [2.24, 2.45) is 0 Å². The zero-order chi connectivity index (χ0) is 15.6. The van der Waals surface area contributed by atoms with Gasteiger partial charge < -0.3 is 10.0 Å². The van der Waals surface area contributed by atoms with Crippen molar-refractivity contribution in [2.75, 3.05) is 19.3 Å². The van der Waals surface area contributed by atoms with Gasteiger partial charge in [-0.2, -0.15) is 4.31 Å². The first kappa shape index (κ1) is 16.2. The number of amides is 1. The molecule has 1 atom stereocenters. The Kier molecular flexibility index (Phi) is 4.88. The van der Waals surface area contributed by atoms with Crippen molar-refractivity contribution in [3.05, 3.63) is 0 Å². The molecule has 21 heavy (non-hydrogen) atoms. The van der Waals surface area contributed by atoms with Crippen molar-refractivity contribution < 1.29 is 23.1 Å². The van der Waals surface area contributed by atoms with Crippen LogP contribution < -0.4 is 0 Å². The molecule has 2 rings (SSSR count). The third-order valence-corrected chi connectivity index (χ3v) is 5.56. The maximum Gasteiger partial charge on any atom is 0.323 e. The van der Waals surface area contributed by atoms with Gasteiger partial charge in [-0.3, -0.25) is 9.59 Å². The van der Waals surface area contributed by atoms with Gasteiger partial charge in [-0.05, 0) is 25.7 Å². The molecule has 2 aliphatic rings. The Bertz CT molecular complexity index is 513. The van der Waals surface area contributed by atoms with Crippen LogP contribution >= 0.6 is 0 Å².